The van der Waals surface area contributed by atoms with E-state index >= 15 is 0 Å². The largest absolute Gasteiger partial charge is 0.228 e. The van der Waals surface area contributed by atoms with E-state index in [0.29, 0.717) is 5.82 Å². The molecular formula is C50H32N2. The van der Waals surface area contributed by atoms with Crippen LogP contribution in [0.25, 0.3) is 98.5 Å². The van der Waals surface area contributed by atoms with Crippen LogP contribution in [0.5, 0.6) is 0 Å². The first-order valence-corrected chi connectivity index (χ1v) is 17.8. The summed E-state index contributed by atoms with van der Waals surface area (Å²) >= 11 is 0. The average molecular weight is 661 g/mol. The van der Waals surface area contributed by atoms with Gasteiger partial charge in [-0.25, -0.2) is 9.97 Å². The first-order valence-electron chi connectivity index (χ1n) is 17.8. The summed E-state index contributed by atoms with van der Waals surface area (Å²) in [6, 6.07) is 69.6. The summed E-state index contributed by atoms with van der Waals surface area (Å²) in [5, 5.41) is 14.5. The molecule has 2 nitrogen and oxygen atoms in total. The smallest absolute Gasteiger partial charge is 0.160 e. The maximum atomic E-state index is 5.23. The predicted molar refractivity (Wildman–Crippen MR) is 221 cm³/mol. The predicted octanol–water partition coefficient (Wildman–Crippen LogP) is 13.5. The van der Waals surface area contributed by atoms with Crippen molar-refractivity contribution in [3.63, 3.8) is 0 Å². The van der Waals surface area contributed by atoms with Gasteiger partial charge >= 0.3 is 0 Å². The Bertz CT molecular complexity index is 3000. The molecule has 0 unspecified atom stereocenters. The third-order valence-corrected chi connectivity index (χ3v) is 10.3. The molecule has 52 heavy (non-hydrogen) atoms. The summed E-state index contributed by atoms with van der Waals surface area (Å²) in [5.41, 5.74) is 4.86. The Balaban J connectivity index is 1.41. The fourth-order valence-electron chi connectivity index (χ4n) is 7.86. The van der Waals surface area contributed by atoms with Gasteiger partial charge in [0.25, 0.3) is 0 Å². The molecule has 0 fully saturated rings. The fourth-order valence-corrected chi connectivity index (χ4v) is 7.86. The van der Waals surface area contributed by atoms with Gasteiger partial charge in [-0.1, -0.05) is 182 Å². The first-order chi connectivity index (χ1) is 25.8. The minimum absolute atomic E-state index is 0.708. The molecule has 0 saturated heterocycles. The Kier molecular flexibility index (Phi) is 7.18. The Morgan fingerprint density at radius 1 is 0.250 bits per heavy atom. The lowest BCUT2D eigenvalue weighted by Crippen LogP contribution is -1.96. The molecule has 0 aliphatic heterocycles. The van der Waals surface area contributed by atoms with Crippen molar-refractivity contribution in [3.05, 3.63) is 194 Å². The van der Waals surface area contributed by atoms with Crippen LogP contribution in [0.4, 0.5) is 0 Å². The summed E-state index contributed by atoms with van der Waals surface area (Å²) in [6.07, 6.45) is 0. The minimum atomic E-state index is 0.708. The third-order valence-electron chi connectivity index (χ3n) is 10.3. The zero-order chi connectivity index (χ0) is 34.4. The highest BCUT2D eigenvalue weighted by molar-refractivity contribution is 6.30. The molecule has 0 radical (unpaired) electrons. The molecule has 0 saturated carbocycles. The minimum Gasteiger partial charge on any atom is -0.228 e. The van der Waals surface area contributed by atoms with Crippen molar-refractivity contribution in [3.8, 4) is 33.9 Å². The lowest BCUT2D eigenvalue weighted by Gasteiger charge is -2.13. The zero-order valence-corrected chi connectivity index (χ0v) is 28.4. The van der Waals surface area contributed by atoms with E-state index in [1.165, 1.54) is 64.6 Å². The van der Waals surface area contributed by atoms with Gasteiger partial charge in [0.2, 0.25) is 0 Å². The van der Waals surface area contributed by atoms with Crippen LogP contribution in [0.15, 0.2) is 194 Å². The second-order valence-electron chi connectivity index (χ2n) is 13.3. The third kappa shape index (κ3) is 5.04. The van der Waals surface area contributed by atoms with Gasteiger partial charge in [0, 0.05) is 16.7 Å². The number of rotatable bonds is 3. The molecule has 0 aliphatic carbocycles. The molecule has 0 spiro atoms. The summed E-state index contributed by atoms with van der Waals surface area (Å²) in [5.74, 6) is 0.708. The molecule has 1 aromatic heterocycles. The maximum absolute atomic E-state index is 5.23. The first kappa shape index (κ1) is 30.0. The Morgan fingerprint density at radius 3 is 1.29 bits per heavy atom. The summed E-state index contributed by atoms with van der Waals surface area (Å²) in [6.45, 7) is 0. The molecule has 0 atom stereocenters. The molecule has 9 aromatic carbocycles. The van der Waals surface area contributed by atoms with Crippen molar-refractivity contribution in [2.24, 2.45) is 0 Å². The summed E-state index contributed by atoms with van der Waals surface area (Å²) < 4.78 is 0. The monoisotopic (exact) mass is 660 g/mol. The molecular weight excluding hydrogens is 629 g/mol. The van der Waals surface area contributed by atoms with Gasteiger partial charge < -0.3 is 0 Å². The van der Waals surface area contributed by atoms with E-state index in [1.54, 1.807) is 0 Å². The second kappa shape index (κ2) is 12.5. The molecule has 10 aromatic rings. The number of benzene rings is 8. The van der Waals surface area contributed by atoms with Crippen LogP contribution in [0.3, 0.4) is 0 Å². The molecule has 0 aliphatic rings. The van der Waals surface area contributed by atoms with Crippen molar-refractivity contribution in [2.75, 3.05) is 0 Å². The molecule has 10 rings (SSSR count). The SMILES string of the molecule is c1ccc(-c2cc(-c3ccc4c5ccccc5c5ccccc5c5ccccc5c5c6ccccc6ccc5c4c3)nc(-c3ccccc3)n2)cc1. The summed E-state index contributed by atoms with van der Waals surface area (Å²) in [7, 11) is 0. The van der Waals surface area contributed by atoms with Gasteiger partial charge in [-0.05, 0) is 76.8 Å². The van der Waals surface area contributed by atoms with Crippen molar-refractivity contribution in [2.45, 2.75) is 0 Å². The fraction of sp³-hybridized carbons (Fsp3) is 0. The van der Waals surface area contributed by atoms with Crippen LogP contribution in [0, 0.1) is 0 Å². The van der Waals surface area contributed by atoms with Crippen LogP contribution in [0.1, 0.15) is 0 Å². The normalized spacial score (nSPS) is 11.5. The van der Waals surface area contributed by atoms with Crippen molar-refractivity contribution in [1.82, 2.24) is 9.97 Å². The van der Waals surface area contributed by atoms with Crippen LogP contribution in [-0.2, 0) is 0 Å². The number of hydrogen-bond acceptors (Lipinski definition) is 2. The lowest BCUT2D eigenvalue weighted by atomic mass is 9.91. The Labute approximate surface area is 301 Å². The van der Waals surface area contributed by atoms with Gasteiger partial charge in [-0.3, -0.25) is 0 Å². The average Bonchev–Trinajstić information content (AvgIpc) is 3.23. The standard InChI is InChI=1S/C50H32N2/c1-3-16-34(17-4-1)47-32-48(52-50(51-47)35-18-5-2-6-19-35)36-28-29-43-41-24-12-10-22-39(41)38-21-9-11-23-40(38)42-25-13-14-26-44(42)49-37-20-8-7-15-33(37)27-30-45(49)46(43)31-36/h1-32H. The highest BCUT2D eigenvalue weighted by Crippen LogP contribution is 2.40. The zero-order valence-electron chi connectivity index (χ0n) is 28.4. The highest BCUT2D eigenvalue weighted by Gasteiger charge is 2.14. The van der Waals surface area contributed by atoms with E-state index in [9.17, 15) is 0 Å². The van der Waals surface area contributed by atoms with E-state index in [-0.39, 0.29) is 0 Å². The van der Waals surface area contributed by atoms with Crippen LogP contribution in [-0.4, -0.2) is 9.97 Å². The van der Waals surface area contributed by atoms with Crippen molar-refractivity contribution >= 4 is 64.6 Å². The number of aromatic nitrogens is 2. The Hall–Kier alpha value is -6.90. The van der Waals surface area contributed by atoms with E-state index < -0.39 is 0 Å². The maximum Gasteiger partial charge on any atom is 0.160 e. The number of hydrogen-bond donors (Lipinski definition) is 0. The number of nitrogens with zero attached hydrogens (tertiary/aromatic N) is 2. The lowest BCUT2D eigenvalue weighted by molar-refractivity contribution is 1.18. The van der Waals surface area contributed by atoms with Gasteiger partial charge in [-0.2, -0.15) is 0 Å². The highest BCUT2D eigenvalue weighted by atomic mass is 14.9. The van der Waals surface area contributed by atoms with E-state index in [2.05, 4.69) is 170 Å². The van der Waals surface area contributed by atoms with Crippen LogP contribution in [0.2, 0.25) is 0 Å². The number of fused-ring (bicyclic) bond motifs is 12. The molecule has 1 heterocycles. The molecule has 0 N–H and O–H groups in total. The molecule has 0 amide bonds. The van der Waals surface area contributed by atoms with Gasteiger partial charge in [0.1, 0.15) is 0 Å². The van der Waals surface area contributed by atoms with E-state index in [1.807, 2.05) is 24.3 Å². The van der Waals surface area contributed by atoms with Crippen LogP contribution >= 0.6 is 0 Å². The van der Waals surface area contributed by atoms with Gasteiger partial charge in [0.15, 0.2) is 5.82 Å². The van der Waals surface area contributed by atoms with Gasteiger partial charge in [0.05, 0.1) is 11.4 Å². The molecule has 242 valence electrons. The van der Waals surface area contributed by atoms with E-state index in [0.717, 1.165) is 28.1 Å². The van der Waals surface area contributed by atoms with E-state index in [4.69, 9.17) is 9.97 Å². The van der Waals surface area contributed by atoms with Crippen LogP contribution < -0.4 is 0 Å². The summed E-state index contributed by atoms with van der Waals surface area (Å²) in [4.78, 5) is 10.3. The van der Waals surface area contributed by atoms with Gasteiger partial charge in [-0.15, -0.1) is 0 Å². The second-order valence-corrected chi connectivity index (χ2v) is 13.3. The van der Waals surface area contributed by atoms with Crippen molar-refractivity contribution in [1.29, 1.82) is 0 Å². The molecule has 0 bridgehead atoms. The quantitative estimate of drug-likeness (QED) is 0.188. The topological polar surface area (TPSA) is 25.8 Å². The molecule has 2 heteroatoms. The Morgan fingerprint density at radius 2 is 0.673 bits per heavy atom. The van der Waals surface area contributed by atoms with Crippen molar-refractivity contribution < 1.29 is 0 Å².